The van der Waals surface area contributed by atoms with Crippen LogP contribution >= 0.6 is 11.3 Å². The Morgan fingerprint density at radius 2 is 2.17 bits per heavy atom. The summed E-state index contributed by atoms with van der Waals surface area (Å²) in [4.78, 5) is 17.3. The smallest absolute Gasteiger partial charge is 0.220 e. The second-order valence-electron chi connectivity index (χ2n) is 5.34. The van der Waals surface area contributed by atoms with Gasteiger partial charge in [-0.25, -0.2) is 0 Å². The lowest BCUT2D eigenvalue weighted by Gasteiger charge is -2.19. The van der Waals surface area contributed by atoms with Crippen LogP contribution in [0.2, 0.25) is 0 Å². The van der Waals surface area contributed by atoms with E-state index in [2.05, 4.69) is 10.3 Å². The maximum absolute atomic E-state index is 12.1. The molecular formula is C18H18N2O2S. The number of benzene rings is 1. The summed E-state index contributed by atoms with van der Waals surface area (Å²) in [7, 11) is 0. The van der Waals surface area contributed by atoms with Crippen LogP contribution < -0.4 is 5.32 Å². The van der Waals surface area contributed by atoms with Gasteiger partial charge in [-0.1, -0.05) is 31.2 Å². The fourth-order valence-electron chi connectivity index (χ4n) is 2.60. The highest BCUT2D eigenvalue weighted by Gasteiger charge is 2.22. The van der Waals surface area contributed by atoms with Crippen molar-refractivity contribution in [2.45, 2.75) is 25.8 Å². The number of carbonyl (C=O) groups is 1. The zero-order valence-corrected chi connectivity index (χ0v) is 13.6. The first kappa shape index (κ1) is 15.5. The van der Waals surface area contributed by atoms with Gasteiger partial charge < -0.3 is 10.4 Å². The molecule has 3 rings (SSSR count). The largest absolute Gasteiger partial charge is 0.505 e. The van der Waals surface area contributed by atoms with E-state index in [9.17, 15) is 9.90 Å². The summed E-state index contributed by atoms with van der Waals surface area (Å²) in [6.45, 7) is 1.97. The average Bonchev–Trinajstić information content (AvgIpc) is 3.08. The molecule has 0 spiro atoms. The van der Waals surface area contributed by atoms with Crippen molar-refractivity contribution in [1.82, 2.24) is 10.3 Å². The molecule has 0 bridgehead atoms. The van der Waals surface area contributed by atoms with Gasteiger partial charge in [-0.05, 0) is 23.9 Å². The van der Waals surface area contributed by atoms with E-state index in [0.29, 0.717) is 17.5 Å². The molecule has 23 heavy (non-hydrogen) atoms. The van der Waals surface area contributed by atoms with Crippen molar-refractivity contribution in [2.75, 3.05) is 0 Å². The Labute approximate surface area is 138 Å². The van der Waals surface area contributed by atoms with Crippen LogP contribution in [0.15, 0.2) is 48.0 Å². The summed E-state index contributed by atoms with van der Waals surface area (Å²) >= 11 is 1.55. The first-order valence-electron chi connectivity index (χ1n) is 7.60. The number of pyridine rings is 1. The summed E-state index contributed by atoms with van der Waals surface area (Å²) in [5, 5.41) is 16.5. The number of phenols is 1. The topological polar surface area (TPSA) is 62.2 Å². The number of phenolic OH excluding ortho intramolecular Hbond substituents is 1. The number of aromatic hydroxyl groups is 1. The van der Waals surface area contributed by atoms with Crippen LogP contribution in [0, 0.1) is 0 Å². The highest BCUT2D eigenvalue weighted by Crippen LogP contribution is 2.35. The minimum absolute atomic E-state index is 0.0218. The Kier molecular flexibility index (Phi) is 4.57. The lowest BCUT2D eigenvalue weighted by Crippen LogP contribution is -2.28. The number of fused-ring (bicyclic) bond motifs is 1. The van der Waals surface area contributed by atoms with Crippen LogP contribution in [0.25, 0.3) is 10.9 Å². The number of carbonyl (C=O) groups excluding carboxylic acids is 1. The summed E-state index contributed by atoms with van der Waals surface area (Å²) in [6.07, 6.45) is 2.91. The molecule has 0 radical (unpaired) electrons. The first-order valence-corrected chi connectivity index (χ1v) is 8.48. The summed E-state index contributed by atoms with van der Waals surface area (Å²) in [5.74, 6) is 0.102. The van der Waals surface area contributed by atoms with Crippen LogP contribution in [0.3, 0.4) is 0 Å². The second-order valence-corrected chi connectivity index (χ2v) is 6.32. The molecule has 1 atom stereocenters. The zero-order chi connectivity index (χ0) is 16.2. The normalized spacial score (nSPS) is 12.2. The molecule has 1 unspecified atom stereocenters. The van der Waals surface area contributed by atoms with Crippen LogP contribution in [-0.2, 0) is 4.79 Å². The molecule has 5 heteroatoms. The molecule has 0 fully saturated rings. The number of hydrogen-bond donors (Lipinski definition) is 2. The number of amides is 1. The fourth-order valence-corrected chi connectivity index (χ4v) is 3.39. The van der Waals surface area contributed by atoms with Crippen LogP contribution in [0.1, 0.15) is 36.2 Å². The molecule has 1 aromatic carbocycles. The van der Waals surface area contributed by atoms with Crippen molar-refractivity contribution in [1.29, 1.82) is 0 Å². The lowest BCUT2D eigenvalue weighted by molar-refractivity contribution is -0.121. The van der Waals surface area contributed by atoms with Gasteiger partial charge in [-0.15, -0.1) is 11.3 Å². The third kappa shape index (κ3) is 3.19. The van der Waals surface area contributed by atoms with Gasteiger partial charge in [-0.2, -0.15) is 0 Å². The molecule has 3 aromatic rings. The van der Waals surface area contributed by atoms with Gasteiger partial charge in [0.2, 0.25) is 5.91 Å². The highest BCUT2D eigenvalue weighted by atomic mass is 32.1. The maximum Gasteiger partial charge on any atom is 0.220 e. The highest BCUT2D eigenvalue weighted by molar-refractivity contribution is 7.10. The number of rotatable bonds is 5. The molecule has 0 aliphatic heterocycles. The first-order chi connectivity index (χ1) is 11.2. The van der Waals surface area contributed by atoms with E-state index in [-0.39, 0.29) is 17.7 Å². The van der Waals surface area contributed by atoms with Crippen molar-refractivity contribution in [2.24, 2.45) is 0 Å². The summed E-state index contributed by atoms with van der Waals surface area (Å²) in [5.41, 5.74) is 1.22. The fraction of sp³-hybridized carbons (Fsp3) is 0.222. The zero-order valence-electron chi connectivity index (χ0n) is 12.8. The maximum atomic E-state index is 12.1. The second kappa shape index (κ2) is 6.79. The van der Waals surface area contributed by atoms with Gasteiger partial charge >= 0.3 is 0 Å². The van der Waals surface area contributed by atoms with E-state index < -0.39 is 0 Å². The van der Waals surface area contributed by atoms with Crippen LogP contribution in [0.5, 0.6) is 5.75 Å². The van der Waals surface area contributed by atoms with Gasteiger partial charge in [-0.3, -0.25) is 9.78 Å². The molecule has 0 aliphatic carbocycles. The number of thiophene rings is 1. The monoisotopic (exact) mass is 326 g/mol. The number of nitrogens with one attached hydrogen (secondary N) is 1. The summed E-state index contributed by atoms with van der Waals surface area (Å²) in [6, 6.07) is 11.1. The third-order valence-electron chi connectivity index (χ3n) is 3.70. The predicted octanol–water partition coefficient (Wildman–Crippen LogP) is 4.01. The van der Waals surface area contributed by atoms with Crippen LogP contribution in [-0.4, -0.2) is 16.0 Å². The van der Waals surface area contributed by atoms with Gasteiger partial charge in [0, 0.05) is 28.4 Å². The number of nitrogens with zero attached hydrogens (tertiary/aromatic N) is 1. The number of aromatic nitrogens is 1. The minimum Gasteiger partial charge on any atom is -0.505 e. The Morgan fingerprint density at radius 1 is 1.30 bits per heavy atom. The van der Waals surface area contributed by atoms with Gasteiger partial charge in [0.15, 0.2) is 0 Å². The molecule has 0 saturated carbocycles. The minimum atomic E-state index is -0.361. The van der Waals surface area contributed by atoms with Crippen LogP contribution in [0.4, 0.5) is 0 Å². The molecule has 4 nitrogen and oxygen atoms in total. The lowest BCUT2D eigenvalue weighted by atomic mass is 10.0. The molecule has 118 valence electrons. The van der Waals surface area contributed by atoms with E-state index in [1.165, 1.54) is 0 Å². The Balaban J connectivity index is 2.06. The molecule has 2 aromatic heterocycles. The van der Waals surface area contributed by atoms with Gasteiger partial charge in [0.1, 0.15) is 11.3 Å². The van der Waals surface area contributed by atoms with Crippen molar-refractivity contribution < 1.29 is 9.90 Å². The Hall–Kier alpha value is -2.40. The number of hydrogen-bond acceptors (Lipinski definition) is 4. The van der Waals surface area contributed by atoms with E-state index in [1.807, 2.05) is 48.7 Å². The molecule has 2 N–H and O–H groups in total. The molecular weight excluding hydrogens is 308 g/mol. The molecule has 2 heterocycles. The van der Waals surface area contributed by atoms with Gasteiger partial charge in [0.05, 0.1) is 6.04 Å². The summed E-state index contributed by atoms with van der Waals surface area (Å²) < 4.78 is 0. The Morgan fingerprint density at radius 3 is 2.91 bits per heavy atom. The SMILES string of the molecule is CCCC(=O)NC(c1cccs1)c1ccc2cccnc2c1O. The molecule has 1 amide bonds. The standard InChI is InChI=1S/C18H18N2O2S/c1-2-5-15(21)20-17(14-7-4-11-23-14)13-9-8-12-6-3-10-19-16(12)18(13)22/h3-4,6-11,17,22H,2,5H2,1H3,(H,20,21). The van der Waals surface area contributed by atoms with E-state index in [0.717, 1.165) is 16.7 Å². The van der Waals surface area contributed by atoms with Gasteiger partial charge in [0.25, 0.3) is 0 Å². The molecule has 0 saturated heterocycles. The van der Waals surface area contributed by atoms with E-state index in [4.69, 9.17) is 0 Å². The Bertz CT molecular complexity index is 815. The van der Waals surface area contributed by atoms with Crippen molar-refractivity contribution in [3.63, 3.8) is 0 Å². The third-order valence-corrected chi connectivity index (χ3v) is 4.64. The quantitative estimate of drug-likeness (QED) is 0.745. The van der Waals surface area contributed by atoms with Crippen molar-refractivity contribution >= 4 is 28.1 Å². The molecule has 0 aliphatic rings. The average molecular weight is 326 g/mol. The van der Waals surface area contributed by atoms with Crippen molar-refractivity contribution in [3.8, 4) is 5.75 Å². The van der Waals surface area contributed by atoms with Crippen molar-refractivity contribution in [3.05, 3.63) is 58.4 Å². The van der Waals surface area contributed by atoms with E-state index >= 15 is 0 Å². The predicted molar refractivity (Wildman–Crippen MR) is 92.6 cm³/mol. The van der Waals surface area contributed by atoms with E-state index in [1.54, 1.807) is 17.5 Å².